The molecule has 2 rings (SSSR count). The van der Waals surface area contributed by atoms with Gasteiger partial charge < -0.3 is 15.2 Å². The predicted molar refractivity (Wildman–Crippen MR) is 76.2 cm³/mol. The molecule has 4 heteroatoms. The summed E-state index contributed by atoms with van der Waals surface area (Å²) in [5, 5.41) is 0. The fourth-order valence-corrected chi connectivity index (χ4v) is 2.57. The predicted octanol–water partition coefficient (Wildman–Crippen LogP) is 1.76. The van der Waals surface area contributed by atoms with Gasteiger partial charge in [0.1, 0.15) is 5.75 Å². The van der Waals surface area contributed by atoms with Crippen molar-refractivity contribution in [1.82, 2.24) is 4.90 Å². The van der Waals surface area contributed by atoms with E-state index in [1.807, 2.05) is 12.1 Å². The molecule has 1 atom stereocenters. The van der Waals surface area contributed by atoms with E-state index < -0.39 is 0 Å². The van der Waals surface area contributed by atoms with Crippen molar-refractivity contribution in [3.8, 4) is 5.75 Å². The second-order valence-corrected chi connectivity index (χ2v) is 5.18. The van der Waals surface area contributed by atoms with E-state index in [0.717, 1.165) is 31.0 Å². The average Bonchev–Trinajstić information content (AvgIpc) is 2.91. The molecule has 0 saturated carbocycles. The minimum atomic E-state index is 0.383. The molecule has 106 valence electrons. The molecule has 0 aliphatic carbocycles. The topological polar surface area (TPSA) is 47.7 Å². The van der Waals surface area contributed by atoms with Gasteiger partial charge >= 0.3 is 0 Å². The van der Waals surface area contributed by atoms with Crippen LogP contribution in [0.5, 0.6) is 5.75 Å². The summed E-state index contributed by atoms with van der Waals surface area (Å²) >= 11 is 0. The van der Waals surface area contributed by atoms with Crippen LogP contribution in [-0.2, 0) is 17.8 Å². The Hall–Kier alpha value is -1.10. The van der Waals surface area contributed by atoms with Crippen LogP contribution in [0, 0.1) is 0 Å². The number of ether oxygens (including phenoxy) is 2. The summed E-state index contributed by atoms with van der Waals surface area (Å²) in [4.78, 5) is 2.29. The van der Waals surface area contributed by atoms with Gasteiger partial charge in [-0.15, -0.1) is 0 Å². The van der Waals surface area contributed by atoms with E-state index in [9.17, 15) is 0 Å². The van der Waals surface area contributed by atoms with Crippen LogP contribution in [0.2, 0.25) is 0 Å². The summed E-state index contributed by atoms with van der Waals surface area (Å²) in [6.45, 7) is 3.30. The molecule has 1 aliphatic heterocycles. The number of likely N-dealkylation sites (N-methyl/N-ethyl adjacent to an activating group) is 1. The van der Waals surface area contributed by atoms with Crippen LogP contribution in [0.3, 0.4) is 0 Å². The maximum Gasteiger partial charge on any atom is 0.123 e. The first-order chi connectivity index (χ1) is 9.22. The molecule has 1 aromatic rings. The van der Waals surface area contributed by atoms with Crippen LogP contribution in [0.1, 0.15) is 24.0 Å². The molecular formula is C15H24N2O2. The van der Waals surface area contributed by atoms with Crippen LogP contribution < -0.4 is 10.5 Å². The number of benzene rings is 1. The first kappa shape index (κ1) is 14.3. The van der Waals surface area contributed by atoms with Crippen molar-refractivity contribution in [2.45, 2.75) is 32.0 Å². The van der Waals surface area contributed by atoms with Crippen molar-refractivity contribution in [2.24, 2.45) is 5.73 Å². The molecule has 1 aromatic carbocycles. The highest BCUT2D eigenvalue weighted by Crippen LogP contribution is 2.22. The lowest BCUT2D eigenvalue weighted by Gasteiger charge is -2.22. The zero-order valence-corrected chi connectivity index (χ0v) is 11.9. The van der Waals surface area contributed by atoms with Gasteiger partial charge in [-0.1, -0.05) is 6.07 Å². The molecule has 0 radical (unpaired) electrons. The number of hydrogen-bond donors (Lipinski definition) is 1. The van der Waals surface area contributed by atoms with E-state index in [-0.39, 0.29) is 0 Å². The lowest BCUT2D eigenvalue weighted by atomic mass is 10.1. The summed E-state index contributed by atoms with van der Waals surface area (Å²) in [7, 11) is 3.83. The largest absolute Gasteiger partial charge is 0.496 e. The van der Waals surface area contributed by atoms with Gasteiger partial charge in [-0.25, -0.2) is 0 Å². The van der Waals surface area contributed by atoms with Gasteiger partial charge in [0, 0.05) is 31.8 Å². The SMILES string of the molecule is COc1ccc(CN)cc1CN(C)CC1CCCO1. The number of hydrogen-bond acceptors (Lipinski definition) is 4. The smallest absolute Gasteiger partial charge is 0.123 e. The van der Waals surface area contributed by atoms with Crippen molar-refractivity contribution in [2.75, 3.05) is 27.3 Å². The summed E-state index contributed by atoms with van der Waals surface area (Å²) in [6, 6.07) is 6.14. The quantitative estimate of drug-likeness (QED) is 0.850. The Morgan fingerprint density at radius 3 is 2.95 bits per heavy atom. The van der Waals surface area contributed by atoms with Crippen LogP contribution in [-0.4, -0.2) is 38.3 Å². The zero-order valence-electron chi connectivity index (χ0n) is 11.9. The van der Waals surface area contributed by atoms with Crippen molar-refractivity contribution < 1.29 is 9.47 Å². The third-order valence-electron chi connectivity index (χ3n) is 3.56. The molecule has 1 saturated heterocycles. The highest BCUT2D eigenvalue weighted by molar-refractivity contribution is 5.37. The molecule has 0 spiro atoms. The van der Waals surface area contributed by atoms with Gasteiger partial charge in [0.2, 0.25) is 0 Å². The molecule has 4 nitrogen and oxygen atoms in total. The molecule has 0 aromatic heterocycles. The Bertz CT molecular complexity index is 403. The third kappa shape index (κ3) is 3.93. The van der Waals surface area contributed by atoms with Crippen LogP contribution >= 0.6 is 0 Å². The molecule has 1 fully saturated rings. The first-order valence-electron chi connectivity index (χ1n) is 6.89. The maximum atomic E-state index is 5.70. The summed E-state index contributed by atoms with van der Waals surface area (Å²) in [5.41, 5.74) is 8.02. The Labute approximate surface area is 115 Å². The number of nitrogens with zero attached hydrogens (tertiary/aromatic N) is 1. The lowest BCUT2D eigenvalue weighted by molar-refractivity contribution is 0.0791. The zero-order chi connectivity index (χ0) is 13.7. The molecule has 2 N–H and O–H groups in total. The highest BCUT2D eigenvalue weighted by atomic mass is 16.5. The van der Waals surface area contributed by atoms with E-state index in [1.54, 1.807) is 7.11 Å². The normalized spacial score (nSPS) is 19.1. The number of methoxy groups -OCH3 is 1. The second kappa shape index (κ2) is 6.89. The monoisotopic (exact) mass is 264 g/mol. The molecule has 0 amide bonds. The van der Waals surface area contributed by atoms with Crippen LogP contribution in [0.25, 0.3) is 0 Å². The molecule has 19 heavy (non-hydrogen) atoms. The number of rotatable bonds is 6. The molecular weight excluding hydrogens is 240 g/mol. The van der Waals surface area contributed by atoms with E-state index in [0.29, 0.717) is 12.6 Å². The van der Waals surface area contributed by atoms with Crippen molar-refractivity contribution in [1.29, 1.82) is 0 Å². The fourth-order valence-electron chi connectivity index (χ4n) is 2.57. The maximum absolute atomic E-state index is 5.70. The van der Waals surface area contributed by atoms with E-state index in [4.69, 9.17) is 15.2 Å². The molecule has 1 heterocycles. The van der Waals surface area contributed by atoms with E-state index in [1.165, 1.54) is 18.4 Å². The third-order valence-corrected chi connectivity index (χ3v) is 3.56. The lowest BCUT2D eigenvalue weighted by Crippen LogP contribution is -2.28. The van der Waals surface area contributed by atoms with E-state index in [2.05, 4.69) is 18.0 Å². The minimum absolute atomic E-state index is 0.383. The fraction of sp³-hybridized carbons (Fsp3) is 0.600. The Kier molecular flexibility index (Phi) is 5.19. The Morgan fingerprint density at radius 2 is 2.32 bits per heavy atom. The van der Waals surface area contributed by atoms with Gasteiger partial charge in [-0.05, 0) is 37.6 Å². The second-order valence-electron chi connectivity index (χ2n) is 5.18. The minimum Gasteiger partial charge on any atom is -0.496 e. The van der Waals surface area contributed by atoms with E-state index >= 15 is 0 Å². The van der Waals surface area contributed by atoms with Crippen LogP contribution in [0.4, 0.5) is 0 Å². The van der Waals surface area contributed by atoms with Crippen molar-refractivity contribution >= 4 is 0 Å². The summed E-state index contributed by atoms with van der Waals surface area (Å²) < 4.78 is 11.1. The molecule has 1 aliphatic rings. The van der Waals surface area contributed by atoms with Gasteiger partial charge in [0.25, 0.3) is 0 Å². The van der Waals surface area contributed by atoms with Crippen molar-refractivity contribution in [3.63, 3.8) is 0 Å². The summed E-state index contributed by atoms with van der Waals surface area (Å²) in [6.07, 6.45) is 2.74. The molecule has 1 unspecified atom stereocenters. The van der Waals surface area contributed by atoms with Gasteiger partial charge in [0.05, 0.1) is 13.2 Å². The number of nitrogens with two attached hydrogens (primary N) is 1. The van der Waals surface area contributed by atoms with Crippen LogP contribution in [0.15, 0.2) is 18.2 Å². The van der Waals surface area contributed by atoms with Gasteiger partial charge in [-0.3, -0.25) is 4.90 Å². The average molecular weight is 264 g/mol. The summed E-state index contributed by atoms with van der Waals surface area (Å²) in [5.74, 6) is 0.927. The first-order valence-corrected chi connectivity index (χ1v) is 6.89. The van der Waals surface area contributed by atoms with Crippen molar-refractivity contribution in [3.05, 3.63) is 29.3 Å². The molecule has 0 bridgehead atoms. The Balaban J connectivity index is 1.99. The Morgan fingerprint density at radius 1 is 1.47 bits per heavy atom. The standard InChI is InChI=1S/C15H24N2O2/c1-17(11-14-4-3-7-19-14)10-13-8-12(9-16)5-6-15(13)18-2/h5-6,8,14H,3-4,7,9-11,16H2,1-2H3. The van der Waals surface area contributed by atoms with Gasteiger partial charge in [-0.2, -0.15) is 0 Å². The highest BCUT2D eigenvalue weighted by Gasteiger charge is 2.18. The van der Waals surface area contributed by atoms with Gasteiger partial charge in [0.15, 0.2) is 0 Å².